The molecule has 1 aliphatic rings. The lowest BCUT2D eigenvalue weighted by molar-refractivity contribution is 0.0911. The van der Waals surface area contributed by atoms with Gasteiger partial charge in [0, 0.05) is 30.9 Å². The third-order valence-corrected chi connectivity index (χ3v) is 3.72. The highest BCUT2D eigenvalue weighted by Crippen LogP contribution is 2.12. The number of carbonyl (C=O) groups excluding carboxylic acids is 2. The number of amides is 1. The van der Waals surface area contributed by atoms with E-state index in [-0.39, 0.29) is 36.2 Å². The number of hydrogen-bond acceptors (Lipinski definition) is 3. The molecule has 1 aromatic rings. The van der Waals surface area contributed by atoms with Gasteiger partial charge in [-0.3, -0.25) is 9.59 Å². The fourth-order valence-corrected chi connectivity index (χ4v) is 2.47. The molecule has 1 saturated heterocycles. The molecule has 1 amide bonds. The number of carbonyl (C=O) groups is 2. The summed E-state index contributed by atoms with van der Waals surface area (Å²) in [5, 5.41) is 6.40. The van der Waals surface area contributed by atoms with Crippen molar-refractivity contribution in [2.24, 2.45) is 7.05 Å². The second kappa shape index (κ2) is 6.90. The number of piperidine rings is 1. The van der Waals surface area contributed by atoms with E-state index in [1.165, 1.54) is 6.92 Å². The summed E-state index contributed by atoms with van der Waals surface area (Å²) in [6.07, 6.45) is 3.75. The normalized spacial score (nSPS) is 21.9. The minimum atomic E-state index is -0.115. The van der Waals surface area contributed by atoms with Crippen molar-refractivity contribution in [2.45, 2.75) is 38.8 Å². The van der Waals surface area contributed by atoms with Crippen LogP contribution in [0.5, 0.6) is 0 Å². The largest absolute Gasteiger partial charge is 0.346 e. The van der Waals surface area contributed by atoms with Crippen LogP contribution in [-0.2, 0) is 7.05 Å². The Balaban J connectivity index is 0.00000200. The number of aromatic nitrogens is 1. The van der Waals surface area contributed by atoms with Gasteiger partial charge in [0.25, 0.3) is 5.91 Å². The number of Topliss-reactive ketones (excluding diaryl/α,β-unsaturated/α-hetero) is 1. The molecule has 2 rings (SSSR count). The molecule has 2 N–H and O–H groups in total. The Kier molecular flexibility index (Phi) is 5.77. The van der Waals surface area contributed by atoms with Crippen molar-refractivity contribution < 1.29 is 9.59 Å². The molecule has 1 fully saturated rings. The van der Waals surface area contributed by atoms with Crippen LogP contribution in [0.2, 0.25) is 0 Å². The molecular weight excluding hydrogens is 278 g/mol. The summed E-state index contributed by atoms with van der Waals surface area (Å²) in [4.78, 5) is 23.6. The minimum absolute atomic E-state index is 0. The molecule has 0 spiro atoms. The van der Waals surface area contributed by atoms with E-state index in [1.54, 1.807) is 23.9 Å². The smallest absolute Gasteiger partial charge is 0.268 e. The topological polar surface area (TPSA) is 63.1 Å². The molecule has 0 bridgehead atoms. The zero-order chi connectivity index (χ0) is 14.0. The zero-order valence-electron chi connectivity index (χ0n) is 12.1. The maximum absolute atomic E-state index is 12.2. The van der Waals surface area contributed by atoms with Crippen LogP contribution >= 0.6 is 12.4 Å². The molecule has 2 atom stereocenters. The van der Waals surface area contributed by atoms with Gasteiger partial charge in [-0.15, -0.1) is 12.4 Å². The summed E-state index contributed by atoms with van der Waals surface area (Å²) in [6.45, 7) is 4.59. The average molecular weight is 300 g/mol. The van der Waals surface area contributed by atoms with Crippen LogP contribution in [-0.4, -0.2) is 34.9 Å². The standard InChI is InChI=1S/C14H21N3O2.ClH/c1-9-12(5-4-6-15-9)16-14(19)13-7-11(10(2)18)8-17(13)3;/h7-9,12,15H,4-6H2,1-3H3,(H,16,19);1H. The number of halogens is 1. The Hall–Kier alpha value is -1.33. The van der Waals surface area contributed by atoms with Gasteiger partial charge in [0.05, 0.1) is 0 Å². The van der Waals surface area contributed by atoms with Crippen molar-refractivity contribution in [1.29, 1.82) is 0 Å². The fraction of sp³-hybridized carbons (Fsp3) is 0.571. The summed E-state index contributed by atoms with van der Waals surface area (Å²) in [7, 11) is 1.78. The number of aryl methyl sites for hydroxylation is 1. The molecule has 20 heavy (non-hydrogen) atoms. The highest BCUT2D eigenvalue weighted by atomic mass is 35.5. The van der Waals surface area contributed by atoms with Gasteiger partial charge in [-0.05, 0) is 39.3 Å². The number of nitrogens with zero attached hydrogens (tertiary/aromatic N) is 1. The predicted molar refractivity (Wildman–Crippen MR) is 80.6 cm³/mol. The predicted octanol–water partition coefficient (Wildman–Crippen LogP) is 1.52. The van der Waals surface area contributed by atoms with E-state index in [2.05, 4.69) is 17.6 Å². The van der Waals surface area contributed by atoms with Crippen LogP contribution in [0.25, 0.3) is 0 Å². The van der Waals surface area contributed by atoms with E-state index in [0.29, 0.717) is 11.3 Å². The summed E-state index contributed by atoms with van der Waals surface area (Å²) in [5.74, 6) is -0.141. The van der Waals surface area contributed by atoms with E-state index >= 15 is 0 Å². The van der Waals surface area contributed by atoms with E-state index < -0.39 is 0 Å². The lowest BCUT2D eigenvalue weighted by Crippen LogP contribution is -2.52. The third kappa shape index (κ3) is 3.61. The number of hydrogen-bond donors (Lipinski definition) is 2. The number of rotatable bonds is 3. The van der Waals surface area contributed by atoms with Gasteiger partial charge in [-0.2, -0.15) is 0 Å². The Morgan fingerprint density at radius 2 is 2.15 bits per heavy atom. The first kappa shape index (κ1) is 16.7. The first-order chi connectivity index (χ1) is 8.99. The van der Waals surface area contributed by atoms with Crippen LogP contribution in [0.4, 0.5) is 0 Å². The molecule has 2 unspecified atom stereocenters. The third-order valence-electron chi connectivity index (χ3n) is 3.72. The molecule has 6 heteroatoms. The Morgan fingerprint density at radius 3 is 2.70 bits per heavy atom. The maximum atomic E-state index is 12.2. The van der Waals surface area contributed by atoms with Crippen LogP contribution in [0.3, 0.4) is 0 Å². The van der Waals surface area contributed by atoms with Crippen molar-refractivity contribution in [3.8, 4) is 0 Å². The molecule has 0 saturated carbocycles. The molecule has 1 aromatic heterocycles. The Bertz CT molecular complexity index is 499. The molecule has 0 aliphatic carbocycles. The molecular formula is C14H22ClN3O2. The maximum Gasteiger partial charge on any atom is 0.268 e. The highest BCUT2D eigenvalue weighted by molar-refractivity contribution is 5.99. The van der Waals surface area contributed by atoms with Crippen LogP contribution < -0.4 is 10.6 Å². The quantitative estimate of drug-likeness (QED) is 0.832. The first-order valence-corrected chi connectivity index (χ1v) is 6.70. The monoisotopic (exact) mass is 299 g/mol. The molecule has 5 nitrogen and oxygen atoms in total. The average Bonchev–Trinajstić information content (AvgIpc) is 2.74. The van der Waals surface area contributed by atoms with Crippen LogP contribution in [0, 0.1) is 0 Å². The second-order valence-corrected chi connectivity index (χ2v) is 5.25. The van der Waals surface area contributed by atoms with Gasteiger partial charge < -0.3 is 15.2 Å². The first-order valence-electron chi connectivity index (χ1n) is 6.70. The van der Waals surface area contributed by atoms with E-state index in [0.717, 1.165) is 19.4 Å². The lowest BCUT2D eigenvalue weighted by atomic mass is 10.00. The molecule has 0 aromatic carbocycles. The number of nitrogens with one attached hydrogen (secondary N) is 2. The van der Waals surface area contributed by atoms with Crippen molar-refractivity contribution in [3.63, 3.8) is 0 Å². The molecule has 1 aliphatic heterocycles. The SMILES string of the molecule is CC(=O)c1cc(C(=O)NC2CCCNC2C)n(C)c1.Cl. The van der Waals surface area contributed by atoms with Crippen LogP contribution in [0.1, 0.15) is 47.5 Å². The van der Waals surface area contributed by atoms with E-state index in [1.807, 2.05) is 0 Å². The molecule has 2 heterocycles. The van der Waals surface area contributed by atoms with Crippen LogP contribution in [0.15, 0.2) is 12.3 Å². The van der Waals surface area contributed by atoms with Gasteiger partial charge in [-0.1, -0.05) is 0 Å². The van der Waals surface area contributed by atoms with Crippen molar-refractivity contribution in [3.05, 3.63) is 23.5 Å². The van der Waals surface area contributed by atoms with Gasteiger partial charge >= 0.3 is 0 Å². The summed E-state index contributed by atoms with van der Waals surface area (Å²) < 4.78 is 1.70. The minimum Gasteiger partial charge on any atom is -0.346 e. The number of ketones is 1. The second-order valence-electron chi connectivity index (χ2n) is 5.25. The van der Waals surface area contributed by atoms with Crippen molar-refractivity contribution in [1.82, 2.24) is 15.2 Å². The van der Waals surface area contributed by atoms with Crippen molar-refractivity contribution >= 4 is 24.1 Å². The zero-order valence-corrected chi connectivity index (χ0v) is 12.9. The Labute approximate surface area is 125 Å². The van der Waals surface area contributed by atoms with Gasteiger partial charge in [0.1, 0.15) is 5.69 Å². The van der Waals surface area contributed by atoms with E-state index in [4.69, 9.17) is 0 Å². The Morgan fingerprint density at radius 1 is 1.45 bits per heavy atom. The highest BCUT2D eigenvalue weighted by Gasteiger charge is 2.24. The van der Waals surface area contributed by atoms with Gasteiger partial charge in [-0.25, -0.2) is 0 Å². The van der Waals surface area contributed by atoms with Gasteiger partial charge in [0.15, 0.2) is 5.78 Å². The van der Waals surface area contributed by atoms with E-state index in [9.17, 15) is 9.59 Å². The summed E-state index contributed by atoms with van der Waals surface area (Å²) in [5.41, 5.74) is 1.10. The summed E-state index contributed by atoms with van der Waals surface area (Å²) >= 11 is 0. The fourth-order valence-electron chi connectivity index (χ4n) is 2.47. The molecule has 112 valence electrons. The summed E-state index contributed by atoms with van der Waals surface area (Å²) in [6, 6.07) is 2.08. The van der Waals surface area contributed by atoms with Gasteiger partial charge in [0.2, 0.25) is 0 Å². The lowest BCUT2D eigenvalue weighted by Gasteiger charge is -2.30. The molecule has 0 radical (unpaired) electrons. The van der Waals surface area contributed by atoms with Crippen molar-refractivity contribution in [2.75, 3.05) is 6.54 Å².